The van der Waals surface area contributed by atoms with Gasteiger partial charge in [0.1, 0.15) is 0 Å². The average Bonchev–Trinajstić information content (AvgIpc) is 3.00. The molecule has 0 aliphatic heterocycles. The van der Waals surface area contributed by atoms with E-state index in [0.717, 1.165) is 11.8 Å². The lowest BCUT2D eigenvalue weighted by atomic mass is 9.84. The molecule has 0 amide bonds. The van der Waals surface area contributed by atoms with E-state index in [4.69, 9.17) is 0 Å². The summed E-state index contributed by atoms with van der Waals surface area (Å²) in [4.78, 5) is 0. The lowest BCUT2D eigenvalue weighted by Gasteiger charge is -2.20. The summed E-state index contributed by atoms with van der Waals surface area (Å²) in [5, 5.41) is 2.79. The molecule has 2 bridgehead atoms. The van der Waals surface area contributed by atoms with Crippen molar-refractivity contribution in [3.8, 4) is 0 Å². The Kier molecular flexibility index (Phi) is 1.93. The van der Waals surface area contributed by atoms with Crippen molar-refractivity contribution in [3.05, 3.63) is 66.6 Å². The highest BCUT2D eigenvalue weighted by Crippen LogP contribution is 2.49. The van der Waals surface area contributed by atoms with Crippen molar-refractivity contribution in [1.29, 1.82) is 0 Å². The first-order valence-electron chi connectivity index (χ1n) is 6.43. The summed E-state index contributed by atoms with van der Waals surface area (Å²) in [7, 11) is 0. The molecule has 17 heavy (non-hydrogen) atoms. The van der Waals surface area contributed by atoms with Gasteiger partial charge in [0, 0.05) is 0 Å². The number of benzene rings is 2. The third-order valence-electron chi connectivity index (χ3n) is 4.25. The molecule has 83 valence electrons. The summed E-state index contributed by atoms with van der Waals surface area (Å²) < 4.78 is 0. The fourth-order valence-corrected chi connectivity index (χ4v) is 3.45. The molecule has 3 atom stereocenters. The van der Waals surface area contributed by atoms with E-state index in [1.165, 1.54) is 22.8 Å². The minimum Gasteiger partial charge on any atom is -0.0848 e. The van der Waals surface area contributed by atoms with E-state index in [0.29, 0.717) is 5.92 Å². The van der Waals surface area contributed by atoms with Crippen LogP contribution in [0.3, 0.4) is 0 Å². The van der Waals surface area contributed by atoms with Gasteiger partial charge in [-0.25, -0.2) is 0 Å². The lowest BCUT2D eigenvalue weighted by Crippen LogP contribution is -2.06. The van der Waals surface area contributed by atoms with Gasteiger partial charge in [0.05, 0.1) is 0 Å². The summed E-state index contributed by atoms with van der Waals surface area (Å²) in [6, 6.07) is 15.4. The number of hydrogen-bond donors (Lipinski definition) is 0. The smallest absolute Gasteiger partial charge is 0.00556 e. The van der Waals surface area contributed by atoms with Gasteiger partial charge in [0.25, 0.3) is 0 Å². The van der Waals surface area contributed by atoms with E-state index < -0.39 is 0 Å². The Bertz CT molecular complexity index is 589. The Balaban J connectivity index is 1.88. The van der Waals surface area contributed by atoms with E-state index in [1.807, 2.05) is 0 Å². The number of allylic oxidation sites excluding steroid dienone is 2. The molecule has 0 heteroatoms. The molecule has 3 unspecified atom stereocenters. The fourth-order valence-electron chi connectivity index (χ4n) is 3.45. The minimum absolute atomic E-state index is 0.635. The zero-order chi connectivity index (χ0) is 11.2. The van der Waals surface area contributed by atoms with E-state index in [9.17, 15) is 0 Å². The van der Waals surface area contributed by atoms with E-state index in [2.05, 4.69) is 61.0 Å². The van der Waals surface area contributed by atoms with Gasteiger partial charge >= 0.3 is 0 Å². The number of hydrogen-bond acceptors (Lipinski definition) is 0. The molecular formula is C17H15. The molecule has 2 aliphatic carbocycles. The van der Waals surface area contributed by atoms with Crippen LogP contribution in [-0.4, -0.2) is 0 Å². The topological polar surface area (TPSA) is 0 Å². The predicted molar refractivity (Wildman–Crippen MR) is 71.7 cm³/mol. The molecule has 1 saturated carbocycles. The second kappa shape index (κ2) is 3.46. The molecule has 4 rings (SSSR count). The Morgan fingerprint density at radius 1 is 0.882 bits per heavy atom. The third-order valence-corrected chi connectivity index (χ3v) is 4.25. The van der Waals surface area contributed by atoms with Gasteiger partial charge in [-0.2, -0.15) is 0 Å². The summed E-state index contributed by atoms with van der Waals surface area (Å²) >= 11 is 0. The first-order chi connectivity index (χ1) is 8.42. The lowest BCUT2D eigenvalue weighted by molar-refractivity contribution is 0.631. The molecule has 0 spiro atoms. The van der Waals surface area contributed by atoms with Gasteiger partial charge in [0.15, 0.2) is 0 Å². The molecule has 2 aliphatic rings. The Morgan fingerprint density at radius 2 is 1.76 bits per heavy atom. The molecule has 0 nitrogen and oxygen atoms in total. The second-order valence-electron chi connectivity index (χ2n) is 5.23. The first-order valence-corrected chi connectivity index (χ1v) is 6.43. The van der Waals surface area contributed by atoms with Crippen LogP contribution in [0.25, 0.3) is 10.8 Å². The summed E-state index contributed by atoms with van der Waals surface area (Å²) in [6.07, 6.45) is 8.64. The van der Waals surface area contributed by atoms with Crippen molar-refractivity contribution in [2.24, 2.45) is 11.8 Å². The van der Waals surface area contributed by atoms with Crippen LogP contribution >= 0.6 is 0 Å². The Morgan fingerprint density at radius 3 is 2.59 bits per heavy atom. The maximum absolute atomic E-state index is 2.53. The molecule has 0 heterocycles. The number of fused-ring (bicyclic) bond motifs is 3. The maximum Gasteiger partial charge on any atom is -0.00556 e. The first kappa shape index (κ1) is 9.47. The zero-order valence-electron chi connectivity index (χ0n) is 9.71. The van der Waals surface area contributed by atoms with Crippen LogP contribution in [-0.2, 0) is 0 Å². The summed E-state index contributed by atoms with van der Waals surface area (Å²) in [6.45, 7) is 0. The van der Waals surface area contributed by atoms with Crippen LogP contribution in [0.4, 0.5) is 0 Å². The van der Waals surface area contributed by atoms with Crippen molar-refractivity contribution in [2.45, 2.75) is 12.3 Å². The highest BCUT2D eigenvalue weighted by atomic mass is 14.4. The van der Waals surface area contributed by atoms with Gasteiger partial charge in [-0.15, -0.1) is 0 Å². The molecule has 0 N–H and O–H groups in total. The largest absolute Gasteiger partial charge is 0.0848 e. The zero-order valence-corrected chi connectivity index (χ0v) is 9.71. The molecule has 1 radical (unpaired) electrons. The average molecular weight is 219 g/mol. The van der Waals surface area contributed by atoms with Crippen LogP contribution < -0.4 is 0 Å². The quantitative estimate of drug-likeness (QED) is 0.626. The molecule has 0 aromatic heterocycles. The van der Waals surface area contributed by atoms with Crippen LogP contribution in [0.15, 0.2) is 54.6 Å². The van der Waals surface area contributed by atoms with Crippen molar-refractivity contribution in [1.82, 2.24) is 0 Å². The highest BCUT2D eigenvalue weighted by Gasteiger charge is 2.37. The normalized spacial score (nSPS) is 30.2. The van der Waals surface area contributed by atoms with Crippen molar-refractivity contribution in [2.75, 3.05) is 0 Å². The van der Waals surface area contributed by atoms with E-state index in [1.54, 1.807) is 0 Å². The van der Waals surface area contributed by atoms with Crippen LogP contribution in [0.2, 0.25) is 0 Å². The molecule has 1 fully saturated rings. The highest BCUT2D eigenvalue weighted by molar-refractivity contribution is 5.86. The minimum atomic E-state index is 0.635. The summed E-state index contributed by atoms with van der Waals surface area (Å²) in [5.74, 6) is 2.10. The fraction of sp³-hybridized carbons (Fsp3) is 0.235. The molecule has 2 aromatic carbocycles. The van der Waals surface area contributed by atoms with Crippen molar-refractivity contribution >= 4 is 10.8 Å². The summed E-state index contributed by atoms with van der Waals surface area (Å²) in [5.41, 5.74) is 1.51. The van der Waals surface area contributed by atoms with E-state index >= 15 is 0 Å². The van der Waals surface area contributed by atoms with Crippen molar-refractivity contribution < 1.29 is 0 Å². The third kappa shape index (κ3) is 1.37. The van der Waals surface area contributed by atoms with Gasteiger partial charge < -0.3 is 0 Å². The van der Waals surface area contributed by atoms with E-state index in [-0.39, 0.29) is 0 Å². The SMILES string of the molecule is [CH]1C2C=CC(C2)C1c1cccc2ccccc12. The van der Waals surface area contributed by atoms with Crippen LogP contribution in [0.1, 0.15) is 17.9 Å². The standard InChI is InChI=1S/C17H15/c1-2-6-15-13(4-1)5-3-7-16(15)17-11-12-8-9-14(17)10-12/h1-9,11-12,14,17H,10H2. The monoisotopic (exact) mass is 219 g/mol. The van der Waals surface area contributed by atoms with Gasteiger partial charge in [-0.05, 0) is 46.9 Å². The Labute approximate surface area is 102 Å². The molecular weight excluding hydrogens is 204 g/mol. The van der Waals surface area contributed by atoms with Crippen LogP contribution in [0.5, 0.6) is 0 Å². The molecule has 0 saturated heterocycles. The van der Waals surface area contributed by atoms with Gasteiger partial charge in [-0.3, -0.25) is 0 Å². The maximum atomic E-state index is 2.53. The van der Waals surface area contributed by atoms with Crippen LogP contribution in [0, 0.1) is 18.3 Å². The second-order valence-corrected chi connectivity index (χ2v) is 5.23. The van der Waals surface area contributed by atoms with Gasteiger partial charge in [-0.1, -0.05) is 54.6 Å². The van der Waals surface area contributed by atoms with Crippen molar-refractivity contribution in [3.63, 3.8) is 0 Å². The molecule has 2 aromatic rings. The predicted octanol–water partition coefficient (Wildman–Crippen LogP) is 4.33. The number of rotatable bonds is 1. The van der Waals surface area contributed by atoms with Gasteiger partial charge in [0.2, 0.25) is 0 Å². The Hall–Kier alpha value is -1.56.